The van der Waals surface area contributed by atoms with Crippen molar-refractivity contribution in [2.45, 2.75) is 12.8 Å². The first-order valence-electron chi connectivity index (χ1n) is 7.60. The molecule has 0 heterocycles. The highest BCUT2D eigenvalue weighted by atomic mass is 16.4. The number of carbonyl (C=O) groups is 2. The van der Waals surface area contributed by atoms with E-state index in [9.17, 15) is 19.8 Å². The molecular formula is C18H19NO4. The molecule has 0 aromatic heterocycles. The molecule has 120 valence electrons. The number of carbonyl (C=O) groups excluding carboxylic acids is 1. The minimum absolute atomic E-state index is 0.0474. The molecule has 0 radical (unpaired) electrons. The van der Waals surface area contributed by atoms with Crippen LogP contribution in [-0.4, -0.2) is 22.1 Å². The van der Waals surface area contributed by atoms with E-state index in [1.807, 2.05) is 12.2 Å². The highest BCUT2D eigenvalue weighted by Crippen LogP contribution is 2.58. The molecule has 1 saturated carbocycles. The summed E-state index contributed by atoms with van der Waals surface area (Å²) >= 11 is 0. The van der Waals surface area contributed by atoms with E-state index in [2.05, 4.69) is 11.9 Å². The first-order valence-corrected chi connectivity index (χ1v) is 7.60. The Hall–Kier alpha value is -2.56. The lowest BCUT2D eigenvalue weighted by Crippen LogP contribution is -2.41. The van der Waals surface area contributed by atoms with Gasteiger partial charge in [0.2, 0.25) is 5.91 Å². The third-order valence-corrected chi connectivity index (χ3v) is 4.94. The second-order valence-electron chi connectivity index (χ2n) is 6.33. The first kappa shape index (κ1) is 15.3. The Morgan fingerprint density at radius 3 is 2.87 bits per heavy atom. The smallest absolute Gasteiger partial charge is 0.307 e. The van der Waals surface area contributed by atoms with Gasteiger partial charge < -0.3 is 15.5 Å². The van der Waals surface area contributed by atoms with Crippen LogP contribution in [0.25, 0.3) is 0 Å². The molecule has 0 aliphatic heterocycles. The molecule has 2 aliphatic carbocycles. The predicted octanol–water partition coefficient (Wildman–Crippen LogP) is 2.80. The van der Waals surface area contributed by atoms with Crippen LogP contribution in [-0.2, 0) is 9.59 Å². The van der Waals surface area contributed by atoms with Crippen molar-refractivity contribution in [3.05, 3.63) is 49.1 Å². The zero-order valence-corrected chi connectivity index (χ0v) is 12.6. The highest BCUT2D eigenvalue weighted by Gasteiger charge is 2.59. The molecule has 1 amide bonds. The third-order valence-electron chi connectivity index (χ3n) is 4.94. The van der Waals surface area contributed by atoms with E-state index < -0.39 is 23.2 Å². The molecule has 2 bridgehead atoms. The number of aliphatic carboxylic acids is 1. The Kier molecular flexibility index (Phi) is 3.72. The van der Waals surface area contributed by atoms with Crippen LogP contribution in [0.4, 0.5) is 5.69 Å². The molecule has 5 heteroatoms. The summed E-state index contributed by atoms with van der Waals surface area (Å²) in [4.78, 5) is 24.5. The third kappa shape index (κ3) is 2.52. The van der Waals surface area contributed by atoms with Gasteiger partial charge in [-0.25, -0.2) is 0 Å². The van der Waals surface area contributed by atoms with Crippen molar-refractivity contribution in [1.29, 1.82) is 0 Å². The minimum atomic E-state index is -0.943. The molecule has 3 rings (SSSR count). The van der Waals surface area contributed by atoms with E-state index in [4.69, 9.17) is 0 Å². The van der Waals surface area contributed by atoms with E-state index in [1.54, 1.807) is 18.2 Å². The molecular weight excluding hydrogens is 294 g/mol. The van der Waals surface area contributed by atoms with Gasteiger partial charge in [-0.15, -0.1) is 6.58 Å². The van der Waals surface area contributed by atoms with Crippen molar-refractivity contribution >= 4 is 17.6 Å². The van der Waals surface area contributed by atoms with Gasteiger partial charge in [-0.2, -0.15) is 0 Å². The second kappa shape index (κ2) is 5.57. The number of aromatic hydroxyl groups is 1. The summed E-state index contributed by atoms with van der Waals surface area (Å²) in [5.74, 6) is -2.70. The molecule has 4 unspecified atom stereocenters. The summed E-state index contributed by atoms with van der Waals surface area (Å²) in [6, 6.07) is 6.24. The lowest BCUT2D eigenvalue weighted by molar-refractivity contribution is -0.147. The van der Waals surface area contributed by atoms with Crippen LogP contribution < -0.4 is 5.32 Å². The van der Waals surface area contributed by atoms with Crippen LogP contribution in [0.5, 0.6) is 5.75 Å². The van der Waals surface area contributed by atoms with E-state index in [0.717, 1.165) is 0 Å². The summed E-state index contributed by atoms with van der Waals surface area (Å²) in [7, 11) is 0. The van der Waals surface area contributed by atoms with Gasteiger partial charge in [0.25, 0.3) is 0 Å². The van der Waals surface area contributed by atoms with E-state index in [1.165, 1.54) is 12.1 Å². The van der Waals surface area contributed by atoms with Crippen molar-refractivity contribution in [2.24, 2.45) is 23.2 Å². The van der Waals surface area contributed by atoms with E-state index in [0.29, 0.717) is 18.5 Å². The van der Waals surface area contributed by atoms with Gasteiger partial charge in [-0.3, -0.25) is 9.59 Å². The van der Waals surface area contributed by atoms with Crippen molar-refractivity contribution < 1.29 is 19.8 Å². The lowest BCUT2D eigenvalue weighted by atomic mass is 9.71. The molecule has 4 atom stereocenters. The average Bonchev–Trinajstić information content (AvgIpc) is 3.03. The number of carboxylic acids is 1. The quantitative estimate of drug-likeness (QED) is 0.730. The standard InChI is InChI=1S/C18H19NO4/c1-2-7-18-8-6-11(10-18)14(17(22)23)15(18)16(21)19-12-4-3-5-13(20)9-12/h2-6,8-9,11,14-15,20H,1,7,10H2,(H,19,21)(H,22,23). The van der Waals surface area contributed by atoms with E-state index in [-0.39, 0.29) is 17.6 Å². The highest BCUT2D eigenvalue weighted by molar-refractivity contribution is 5.97. The van der Waals surface area contributed by atoms with Crippen molar-refractivity contribution in [1.82, 2.24) is 0 Å². The number of anilines is 1. The van der Waals surface area contributed by atoms with Gasteiger partial charge in [0.1, 0.15) is 5.75 Å². The SMILES string of the molecule is C=CCC12C=CC(C1)C(C(=O)O)C2C(=O)Nc1cccc(O)c1. The molecule has 2 aliphatic rings. The summed E-state index contributed by atoms with van der Waals surface area (Å²) in [5.41, 5.74) is -0.0178. The van der Waals surface area contributed by atoms with Crippen molar-refractivity contribution in [3.8, 4) is 5.75 Å². The Bertz CT molecular complexity index is 696. The van der Waals surface area contributed by atoms with Gasteiger partial charge in [0, 0.05) is 17.2 Å². The summed E-state index contributed by atoms with van der Waals surface area (Å²) < 4.78 is 0. The average molecular weight is 313 g/mol. The number of carboxylic acid groups (broad SMARTS) is 1. The fourth-order valence-corrected chi connectivity index (χ4v) is 4.07. The monoisotopic (exact) mass is 313 g/mol. The van der Waals surface area contributed by atoms with Gasteiger partial charge in [-0.1, -0.05) is 24.3 Å². The predicted molar refractivity (Wildman–Crippen MR) is 85.8 cm³/mol. The maximum Gasteiger partial charge on any atom is 0.307 e. The molecule has 3 N–H and O–H groups in total. The molecule has 1 fully saturated rings. The molecule has 0 spiro atoms. The van der Waals surface area contributed by atoms with E-state index >= 15 is 0 Å². The van der Waals surface area contributed by atoms with Crippen LogP contribution in [0.15, 0.2) is 49.1 Å². The van der Waals surface area contributed by atoms with Crippen LogP contribution in [0, 0.1) is 23.2 Å². The normalized spacial score (nSPS) is 31.0. The van der Waals surface area contributed by atoms with Crippen molar-refractivity contribution in [3.63, 3.8) is 0 Å². The number of benzene rings is 1. The molecule has 0 saturated heterocycles. The number of fused-ring (bicyclic) bond motifs is 2. The molecule has 1 aromatic carbocycles. The number of nitrogens with one attached hydrogen (secondary N) is 1. The van der Waals surface area contributed by atoms with Gasteiger partial charge >= 0.3 is 5.97 Å². The number of allylic oxidation sites excluding steroid dienone is 3. The topological polar surface area (TPSA) is 86.6 Å². The number of hydrogen-bond donors (Lipinski definition) is 3. The van der Waals surface area contributed by atoms with Gasteiger partial charge in [0.05, 0.1) is 11.8 Å². The first-order chi connectivity index (χ1) is 11.0. The van der Waals surface area contributed by atoms with Crippen LogP contribution >= 0.6 is 0 Å². The van der Waals surface area contributed by atoms with Crippen molar-refractivity contribution in [2.75, 3.05) is 5.32 Å². The summed E-state index contributed by atoms with van der Waals surface area (Å²) in [5, 5.41) is 21.8. The van der Waals surface area contributed by atoms with Gasteiger partial charge in [-0.05, 0) is 30.9 Å². The lowest BCUT2D eigenvalue weighted by Gasteiger charge is -2.33. The Morgan fingerprint density at radius 1 is 1.43 bits per heavy atom. The fraction of sp³-hybridized carbons (Fsp3) is 0.333. The number of amides is 1. The maximum absolute atomic E-state index is 12.8. The van der Waals surface area contributed by atoms with Crippen LogP contribution in [0.3, 0.4) is 0 Å². The Labute approximate surface area is 134 Å². The summed E-state index contributed by atoms with van der Waals surface area (Å²) in [6.07, 6.45) is 6.87. The van der Waals surface area contributed by atoms with Crippen LogP contribution in [0.1, 0.15) is 12.8 Å². The Morgan fingerprint density at radius 2 is 2.22 bits per heavy atom. The zero-order valence-electron chi connectivity index (χ0n) is 12.6. The molecule has 5 nitrogen and oxygen atoms in total. The molecule has 23 heavy (non-hydrogen) atoms. The minimum Gasteiger partial charge on any atom is -0.508 e. The Balaban J connectivity index is 1.91. The largest absolute Gasteiger partial charge is 0.508 e. The maximum atomic E-state index is 12.8. The van der Waals surface area contributed by atoms with Crippen LogP contribution in [0.2, 0.25) is 0 Å². The van der Waals surface area contributed by atoms with Gasteiger partial charge in [0.15, 0.2) is 0 Å². The second-order valence-corrected chi connectivity index (χ2v) is 6.33. The number of rotatable bonds is 5. The fourth-order valence-electron chi connectivity index (χ4n) is 4.07. The molecule has 1 aromatic rings. The zero-order chi connectivity index (χ0) is 16.6. The summed E-state index contributed by atoms with van der Waals surface area (Å²) in [6.45, 7) is 3.75. The number of phenols is 1. The number of hydrogen-bond acceptors (Lipinski definition) is 3. The number of phenolic OH excluding ortho intramolecular Hbond substituents is 1.